The average molecular weight is 348 g/mol. The first-order valence-corrected chi connectivity index (χ1v) is 8.86. The van der Waals surface area contributed by atoms with Crippen molar-refractivity contribution in [2.24, 2.45) is 0 Å². The first kappa shape index (κ1) is 17.7. The zero-order valence-electron chi connectivity index (χ0n) is 13.1. The maximum absolute atomic E-state index is 12.3. The van der Waals surface area contributed by atoms with Crippen LogP contribution in [0.3, 0.4) is 0 Å². The first-order chi connectivity index (χ1) is 11.3. The van der Waals surface area contributed by atoms with E-state index in [1.54, 1.807) is 30.3 Å². The maximum atomic E-state index is 12.3. The molecule has 0 heterocycles. The van der Waals surface area contributed by atoms with Gasteiger partial charge in [0.25, 0.3) is 0 Å². The number of sulfone groups is 1. The standard InChI is InChI=1S/C17H16O6S/c1-22-17(19)15(12-7-4-3-5-8-12)23-16(18)13-9-6-10-14(11-13)24(2,20)21/h3-11,15H,1-2H3. The summed E-state index contributed by atoms with van der Waals surface area (Å²) in [7, 11) is -2.27. The molecule has 0 spiro atoms. The molecule has 0 amide bonds. The van der Waals surface area contributed by atoms with Crippen molar-refractivity contribution in [3.05, 3.63) is 65.7 Å². The third-order valence-corrected chi connectivity index (χ3v) is 4.35. The Balaban J connectivity index is 2.30. The summed E-state index contributed by atoms with van der Waals surface area (Å²) < 4.78 is 33.1. The molecule has 0 saturated carbocycles. The van der Waals surface area contributed by atoms with Crippen molar-refractivity contribution >= 4 is 21.8 Å². The fraction of sp³-hybridized carbons (Fsp3) is 0.176. The van der Waals surface area contributed by atoms with Gasteiger partial charge in [-0.05, 0) is 18.2 Å². The number of ether oxygens (including phenoxy) is 2. The Morgan fingerprint density at radius 2 is 1.67 bits per heavy atom. The van der Waals surface area contributed by atoms with E-state index < -0.39 is 27.9 Å². The molecule has 2 aromatic carbocycles. The highest BCUT2D eigenvalue weighted by molar-refractivity contribution is 7.90. The number of rotatable bonds is 5. The minimum atomic E-state index is -3.46. The van der Waals surface area contributed by atoms with Crippen LogP contribution < -0.4 is 0 Å². The van der Waals surface area contributed by atoms with Gasteiger partial charge in [-0.15, -0.1) is 0 Å². The molecule has 6 nitrogen and oxygen atoms in total. The van der Waals surface area contributed by atoms with Gasteiger partial charge in [0.1, 0.15) is 0 Å². The van der Waals surface area contributed by atoms with Gasteiger partial charge in [-0.2, -0.15) is 0 Å². The summed E-state index contributed by atoms with van der Waals surface area (Å²) in [5, 5.41) is 0. The van der Waals surface area contributed by atoms with Gasteiger partial charge in [0.05, 0.1) is 17.6 Å². The second kappa shape index (κ2) is 7.27. The molecule has 126 valence electrons. The second-order valence-electron chi connectivity index (χ2n) is 5.02. The van der Waals surface area contributed by atoms with Crippen LogP contribution in [-0.2, 0) is 24.1 Å². The lowest BCUT2D eigenvalue weighted by Gasteiger charge is -2.16. The molecule has 0 aliphatic carbocycles. The van der Waals surface area contributed by atoms with Gasteiger partial charge < -0.3 is 9.47 Å². The van der Waals surface area contributed by atoms with Crippen LogP contribution in [-0.4, -0.2) is 33.7 Å². The molecule has 0 N–H and O–H groups in total. The lowest BCUT2D eigenvalue weighted by atomic mass is 10.1. The summed E-state index contributed by atoms with van der Waals surface area (Å²) >= 11 is 0. The molecule has 1 atom stereocenters. The molecule has 0 fully saturated rings. The van der Waals surface area contributed by atoms with E-state index in [-0.39, 0.29) is 10.5 Å². The monoisotopic (exact) mass is 348 g/mol. The van der Waals surface area contributed by atoms with E-state index in [1.807, 2.05) is 0 Å². The number of benzene rings is 2. The van der Waals surface area contributed by atoms with Gasteiger partial charge in [0, 0.05) is 11.8 Å². The van der Waals surface area contributed by atoms with Gasteiger partial charge in [0.15, 0.2) is 9.84 Å². The number of carbonyl (C=O) groups is 2. The van der Waals surface area contributed by atoms with Crippen molar-refractivity contribution < 1.29 is 27.5 Å². The molecule has 24 heavy (non-hydrogen) atoms. The highest BCUT2D eigenvalue weighted by Crippen LogP contribution is 2.21. The minimum Gasteiger partial charge on any atom is -0.466 e. The fourth-order valence-corrected chi connectivity index (χ4v) is 2.68. The van der Waals surface area contributed by atoms with E-state index in [1.165, 1.54) is 31.4 Å². The average Bonchev–Trinajstić information content (AvgIpc) is 2.59. The number of hydrogen-bond donors (Lipinski definition) is 0. The Bertz CT molecular complexity index is 842. The van der Waals surface area contributed by atoms with E-state index in [0.717, 1.165) is 6.26 Å². The molecule has 1 unspecified atom stereocenters. The van der Waals surface area contributed by atoms with Crippen LogP contribution in [0, 0.1) is 0 Å². The molecule has 0 bridgehead atoms. The van der Waals surface area contributed by atoms with Crippen molar-refractivity contribution in [1.29, 1.82) is 0 Å². The molecular weight excluding hydrogens is 332 g/mol. The largest absolute Gasteiger partial charge is 0.466 e. The van der Waals surface area contributed by atoms with E-state index in [4.69, 9.17) is 4.74 Å². The Morgan fingerprint density at radius 1 is 1.00 bits per heavy atom. The SMILES string of the molecule is COC(=O)C(OC(=O)c1cccc(S(C)(=O)=O)c1)c1ccccc1. The Hall–Kier alpha value is -2.67. The molecule has 0 radical (unpaired) electrons. The third kappa shape index (κ3) is 4.20. The number of esters is 2. The van der Waals surface area contributed by atoms with Crippen molar-refractivity contribution in [3.63, 3.8) is 0 Å². The van der Waals surface area contributed by atoms with Crippen molar-refractivity contribution in [2.75, 3.05) is 13.4 Å². The van der Waals surface area contributed by atoms with Crippen LogP contribution in [0.25, 0.3) is 0 Å². The lowest BCUT2D eigenvalue weighted by Crippen LogP contribution is -2.21. The van der Waals surface area contributed by atoms with Crippen LogP contribution in [0.1, 0.15) is 22.0 Å². The van der Waals surface area contributed by atoms with Gasteiger partial charge in [-0.25, -0.2) is 18.0 Å². The van der Waals surface area contributed by atoms with Crippen molar-refractivity contribution in [1.82, 2.24) is 0 Å². The minimum absolute atomic E-state index is 0.00807. The Labute approximate surface area is 139 Å². The molecule has 0 aliphatic rings. The molecule has 0 aromatic heterocycles. The second-order valence-corrected chi connectivity index (χ2v) is 7.03. The number of methoxy groups -OCH3 is 1. The summed E-state index contributed by atoms with van der Waals surface area (Å²) in [6.07, 6.45) is -0.191. The topological polar surface area (TPSA) is 86.7 Å². The van der Waals surface area contributed by atoms with Crippen molar-refractivity contribution in [2.45, 2.75) is 11.0 Å². The lowest BCUT2D eigenvalue weighted by molar-refractivity contribution is -0.151. The van der Waals surface area contributed by atoms with Crippen LogP contribution in [0.2, 0.25) is 0 Å². The molecule has 0 aliphatic heterocycles. The zero-order chi connectivity index (χ0) is 17.7. The summed E-state index contributed by atoms with van der Waals surface area (Å²) in [4.78, 5) is 24.2. The molecule has 2 rings (SSSR count). The summed E-state index contributed by atoms with van der Waals surface area (Å²) in [5.74, 6) is -1.55. The fourth-order valence-electron chi connectivity index (χ4n) is 2.02. The highest BCUT2D eigenvalue weighted by atomic mass is 32.2. The number of hydrogen-bond acceptors (Lipinski definition) is 6. The molecule has 2 aromatic rings. The molecular formula is C17H16O6S. The van der Waals surface area contributed by atoms with Gasteiger partial charge in [-0.1, -0.05) is 36.4 Å². The first-order valence-electron chi connectivity index (χ1n) is 6.97. The predicted molar refractivity (Wildman–Crippen MR) is 86.2 cm³/mol. The van der Waals surface area contributed by atoms with Crippen LogP contribution in [0.4, 0.5) is 0 Å². The van der Waals surface area contributed by atoms with Gasteiger partial charge in [-0.3, -0.25) is 0 Å². The Morgan fingerprint density at radius 3 is 2.25 bits per heavy atom. The van der Waals surface area contributed by atoms with Crippen molar-refractivity contribution in [3.8, 4) is 0 Å². The number of carbonyl (C=O) groups excluding carboxylic acids is 2. The van der Waals surface area contributed by atoms with Crippen LogP contribution in [0.5, 0.6) is 0 Å². The zero-order valence-corrected chi connectivity index (χ0v) is 13.9. The van der Waals surface area contributed by atoms with Gasteiger partial charge >= 0.3 is 11.9 Å². The maximum Gasteiger partial charge on any atom is 0.351 e. The molecule has 7 heteroatoms. The van der Waals surface area contributed by atoms with E-state index in [9.17, 15) is 18.0 Å². The van der Waals surface area contributed by atoms with E-state index >= 15 is 0 Å². The van der Waals surface area contributed by atoms with Crippen LogP contribution >= 0.6 is 0 Å². The van der Waals surface area contributed by atoms with E-state index in [0.29, 0.717) is 5.56 Å². The smallest absolute Gasteiger partial charge is 0.351 e. The summed E-state index contributed by atoms with van der Waals surface area (Å²) in [5.41, 5.74) is 0.486. The predicted octanol–water partition coefficient (Wildman–Crippen LogP) is 2.16. The van der Waals surface area contributed by atoms with Crippen LogP contribution in [0.15, 0.2) is 59.5 Å². The summed E-state index contributed by atoms with van der Waals surface area (Å²) in [6, 6.07) is 13.8. The van der Waals surface area contributed by atoms with E-state index in [2.05, 4.69) is 4.74 Å². The third-order valence-electron chi connectivity index (χ3n) is 3.24. The molecule has 0 saturated heterocycles. The highest BCUT2D eigenvalue weighted by Gasteiger charge is 2.26. The normalized spacial score (nSPS) is 12.2. The quantitative estimate of drug-likeness (QED) is 0.770. The van der Waals surface area contributed by atoms with Gasteiger partial charge in [0.2, 0.25) is 6.10 Å². The Kier molecular flexibility index (Phi) is 5.35. The summed E-state index contributed by atoms with van der Waals surface area (Å²) in [6.45, 7) is 0.